The average molecular weight is 337 g/mol. The molecule has 0 bridgehead atoms. The summed E-state index contributed by atoms with van der Waals surface area (Å²) in [6.07, 6.45) is 3.25. The molecule has 0 fully saturated rings. The second kappa shape index (κ2) is 7.79. The van der Waals surface area contributed by atoms with Crippen LogP contribution in [-0.4, -0.2) is 19.0 Å². The number of hydrogen-bond donors (Lipinski definition) is 1. The van der Waals surface area contributed by atoms with Crippen LogP contribution in [0.2, 0.25) is 0 Å². The first-order valence-corrected chi connectivity index (χ1v) is 8.07. The molecule has 2 rings (SSSR count). The van der Waals surface area contributed by atoms with Gasteiger partial charge in [-0.05, 0) is 46.9 Å². The summed E-state index contributed by atoms with van der Waals surface area (Å²) in [6.45, 7) is 6.49. The Morgan fingerprint density at radius 2 is 1.56 bits per heavy atom. The van der Waals surface area contributed by atoms with Crippen molar-refractivity contribution in [2.75, 3.05) is 12.4 Å². The van der Waals surface area contributed by atoms with Crippen LogP contribution in [0.1, 0.15) is 42.3 Å². The normalized spacial score (nSPS) is 11.4. The first-order chi connectivity index (χ1) is 11.8. The highest BCUT2D eigenvalue weighted by Crippen LogP contribution is 2.22. The lowest BCUT2D eigenvalue weighted by Gasteiger charge is -2.18. The Labute approximate surface area is 148 Å². The number of esters is 1. The van der Waals surface area contributed by atoms with Crippen LogP contribution in [0.5, 0.6) is 0 Å². The molecule has 0 spiro atoms. The van der Waals surface area contributed by atoms with Crippen LogP contribution in [0.15, 0.2) is 54.6 Å². The molecule has 1 N–H and O–H groups in total. The minimum Gasteiger partial charge on any atom is -0.465 e. The van der Waals surface area contributed by atoms with E-state index >= 15 is 0 Å². The molecule has 0 aliphatic carbocycles. The van der Waals surface area contributed by atoms with Crippen LogP contribution >= 0.6 is 0 Å². The van der Waals surface area contributed by atoms with E-state index in [9.17, 15) is 9.59 Å². The molecule has 0 aliphatic heterocycles. The molecule has 1 amide bonds. The Hall–Kier alpha value is -2.88. The highest BCUT2D eigenvalue weighted by atomic mass is 16.5. The van der Waals surface area contributed by atoms with Crippen molar-refractivity contribution < 1.29 is 14.3 Å². The number of carbonyl (C=O) groups is 2. The largest absolute Gasteiger partial charge is 0.465 e. The van der Waals surface area contributed by atoms with E-state index in [1.54, 1.807) is 30.3 Å². The third-order valence-corrected chi connectivity index (χ3v) is 3.78. The van der Waals surface area contributed by atoms with Crippen molar-refractivity contribution >= 4 is 23.6 Å². The first kappa shape index (κ1) is 18.5. The van der Waals surface area contributed by atoms with Crippen LogP contribution in [0.3, 0.4) is 0 Å². The lowest BCUT2D eigenvalue weighted by Crippen LogP contribution is -2.10. The molecule has 0 saturated heterocycles. The molecule has 0 aromatic heterocycles. The number of amides is 1. The number of rotatable bonds is 4. The number of methoxy groups -OCH3 is 1. The zero-order valence-corrected chi connectivity index (χ0v) is 15.0. The number of hydrogen-bond acceptors (Lipinski definition) is 3. The summed E-state index contributed by atoms with van der Waals surface area (Å²) in [5.74, 6) is -0.637. The number of ether oxygens (including phenoxy) is 1. The third kappa shape index (κ3) is 5.31. The Balaban J connectivity index is 1.97. The quantitative estimate of drug-likeness (QED) is 0.663. The maximum Gasteiger partial charge on any atom is 0.337 e. The van der Waals surface area contributed by atoms with Crippen molar-refractivity contribution in [3.8, 4) is 0 Å². The van der Waals surface area contributed by atoms with Gasteiger partial charge in [-0.1, -0.05) is 45.0 Å². The third-order valence-electron chi connectivity index (χ3n) is 3.78. The minimum atomic E-state index is -0.406. The van der Waals surface area contributed by atoms with Crippen molar-refractivity contribution in [3.05, 3.63) is 71.3 Å². The molecule has 4 heteroatoms. The number of carbonyl (C=O) groups excluding carboxylic acids is 2. The van der Waals surface area contributed by atoms with E-state index in [0.29, 0.717) is 11.3 Å². The van der Waals surface area contributed by atoms with E-state index in [2.05, 4.69) is 43.0 Å². The van der Waals surface area contributed by atoms with Crippen LogP contribution < -0.4 is 5.32 Å². The Bertz CT molecular complexity index is 766. The maximum absolute atomic E-state index is 12.0. The Morgan fingerprint density at radius 1 is 0.960 bits per heavy atom. The van der Waals surface area contributed by atoms with Gasteiger partial charge in [0, 0.05) is 11.8 Å². The predicted octanol–water partition coefficient (Wildman–Crippen LogP) is 4.42. The van der Waals surface area contributed by atoms with Gasteiger partial charge in [-0.2, -0.15) is 0 Å². The van der Waals surface area contributed by atoms with E-state index in [0.717, 1.165) is 5.56 Å². The average Bonchev–Trinajstić information content (AvgIpc) is 2.59. The van der Waals surface area contributed by atoms with E-state index in [1.807, 2.05) is 12.1 Å². The highest BCUT2D eigenvalue weighted by Gasteiger charge is 2.12. The lowest BCUT2D eigenvalue weighted by atomic mass is 9.87. The monoisotopic (exact) mass is 337 g/mol. The Kier molecular flexibility index (Phi) is 5.75. The zero-order chi connectivity index (χ0) is 18.4. The van der Waals surface area contributed by atoms with Gasteiger partial charge < -0.3 is 10.1 Å². The molecule has 4 nitrogen and oxygen atoms in total. The van der Waals surface area contributed by atoms with Crippen molar-refractivity contribution in [3.63, 3.8) is 0 Å². The van der Waals surface area contributed by atoms with E-state index < -0.39 is 5.97 Å². The smallest absolute Gasteiger partial charge is 0.337 e. The number of nitrogens with one attached hydrogen (secondary N) is 1. The summed E-state index contributed by atoms with van der Waals surface area (Å²) in [6, 6.07) is 14.7. The SMILES string of the molecule is COC(=O)c1ccc(NC(=O)/C=C\c2ccc(C(C)(C)C)cc2)cc1. The van der Waals surface area contributed by atoms with Gasteiger partial charge in [-0.25, -0.2) is 4.79 Å². The molecular formula is C21H23NO3. The molecular weight excluding hydrogens is 314 g/mol. The fraction of sp³-hybridized carbons (Fsp3) is 0.238. The van der Waals surface area contributed by atoms with Crippen LogP contribution in [-0.2, 0) is 14.9 Å². The molecule has 0 unspecified atom stereocenters. The molecule has 25 heavy (non-hydrogen) atoms. The van der Waals surface area contributed by atoms with Gasteiger partial charge in [-0.15, -0.1) is 0 Å². The molecule has 130 valence electrons. The molecule has 2 aromatic carbocycles. The van der Waals surface area contributed by atoms with Crippen LogP contribution in [0.4, 0.5) is 5.69 Å². The summed E-state index contributed by atoms with van der Waals surface area (Å²) in [5.41, 5.74) is 3.38. The van der Waals surface area contributed by atoms with Gasteiger partial charge in [0.25, 0.3) is 0 Å². The topological polar surface area (TPSA) is 55.4 Å². The molecule has 0 heterocycles. The fourth-order valence-electron chi connectivity index (χ4n) is 2.26. The van der Waals surface area contributed by atoms with Gasteiger partial charge in [0.15, 0.2) is 0 Å². The van der Waals surface area contributed by atoms with E-state index in [1.165, 1.54) is 18.7 Å². The van der Waals surface area contributed by atoms with Gasteiger partial charge >= 0.3 is 5.97 Å². The van der Waals surface area contributed by atoms with Crippen LogP contribution in [0.25, 0.3) is 6.08 Å². The van der Waals surface area contributed by atoms with Gasteiger partial charge in [-0.3, -0.25) is 4.79 Å². The predicted molar refractivity (Wildman–Crippen MR) is 101 cm³/mol. The fourth-order valence-corrected chi connectivity index (χ4v) is 2.26. The summed E-state index contributed by atoms with van der Waals surface area (Å²) in [5, 5.41) is 2.75. The van der Waals surface area contributed by atoms with Crippen molar-refractivity contribution in [1.29, 1.82) is 0 Å². The van der Waals surface area contributed by atoms with Gasteiger partial charge in [0.1, 0.15) is 0 Å². The molecule has 2 aromatic rings. The zero-order valence-electron chi connectivity index (χ0n) is 15.0. The first-order valence-electron chi connectivity index (χ1n) is 8.07. The molecule has 0 aliphatic rings. The maximum atomic E-state index is 12.0. The van der Waals surface area contributed by atoms with Crippen molar-refractivity contribution in [2.45, 2.75) is 26.2 Å². The van der Waals surface area contributed by atoms with Crippen LogP contribution in [0, 0.1) is 0 Å². The second-order valence-electron chi connectivity index (χ2n) is 6.76. The van der Waals surface area contributed by atoms with Crippen molar-refractivity contribution in [2.24, 2.45) is 0 Å². The molecule has 0 atom stereocenters. The number of benzene rings is 2. The lowest BCUT2D eigenvalue weighted by molar-refractivity contribution is -0.111. The summed E-state index contributed by atoms with van der Waals surface area (Å²) in [4.78, 5) is 23.4. The second-order valence-corrected chi connectivity index (χ2v) is 6.76. The van der Waals surface area contributed by atoms with Gasteiger partial charge in [0.05, 0.1) is 12.7 Å². The Morgan fingerprint density at radius 3 is 2.08 bits per heavy atom. The molecule has 0 radical (unpaired) electrons. The number of anilines is 1. The summed E-state index contributed by atoms with van der Waals surface area (Å²) in [7, 11) is 1.33. The standard InChI is InChI=1S/C21H23NO3/c1-21(2,3)17-10-5-15(6-11-17)7-14-19(23)22-18-12-8-16(9-13-18)20(24)25-4/h5-14H,1-4H3,(H,22,23)/b14-7-. The van der Waals surface area contributed by atoms with Gasteiger partial charge in [0.2, 0.25) is 5.91 Å². The summed E-state index contributed by atoms with van der Waals surface area (Å²) >= 11 is 0. The van der Waals surface area contributed by atoms with E-state index in [4.69, 9.17) is 0 Å². The van der Waals surface area contributed by atoms with E-state index in [-0.39, 0.29) is 11.3 Å². The summed E-state index contributed by atoms with van der Waals surface area (Å²) < 4.78 is 4.64. The highest BCUT2D eigenvalue weighted by molar-refractivity contribution is 6.02. The minimum absolute atomic E-state index is 0.107. The van der Waals surface area contributed by atoms with Crippen molar-refractivity contribution in [1.82, 2.24) is 0 Å². The molecule has 0 saturated carbocycles.